The Morgan fingerprint density at radius 1 is 1.12 bits per heavy atom. The van der Waals surface area contributed by atoms with Crippen molar-refractivity contribution in [1.29, 1.82) is 5.26 Å². The molecule has 0 bridgehead atoms. The highest BCUT2D eigenvalue weighted by atomic mass is 19.4. The first-order chi connectivity index (χ1) is 11.9. The van der Waals surface area contributed by atoms with Gasteiger partial charge in [-0.3, -0.25) is 0 Å². The van der Waals surface area contributed by atoms with Crippen LogP contribution in [0.1, 0.15) is 41.3 Å². The van der Waals surface area contributed by atoms with E-state index in [4.69, 9.17) is 5.26 Å². The van der Waals surface area contributed by atoms with E-state index in [0.29, 0.717) is 24.7 Å². The number of anilines is 1. The summed E-state index contributed by atoms with van der Waals surface area (Å²) < 4.78 is 38.0. The molecule has 1 fully saturated rings. The number of piperidine rings is 1. The molecule has 0 radical (unpaired) electrons. The van der Waals surface area contributed by atoms with E-state index in [9.17, 15) is 13.2 Å². The number of hydrogen-bond acceptors (Lipinski definition) is 4. The SMILES string of the molecule is Cc1cc(C#N)nc(N2CCC(c3ccc(C(F)(F)F)cc3)CC2)n1. The summed E-state index contributed by atoms with van der Waals surface area (Å²) in [5.74, 6) is 0.765. The fraction of sp³-hybridized carbons (Fsp3) is 0.389. The molecule has 0 aliphatic carbocycles. The molecule has 4 nitrogen and oxygen atoms in total. The highest BCUT2D eigenvalue weighted by Crippen LogP contribution is 2.33. The van der Waals surface area contributed by atoms with Gasteiger partial charge in [0.15, 0.2) is 0 Å². The highest BCUT2D eigenvalue weighted by molar-refractivity contribution is 5.37. The third-order valence-electron chi connectivity index (χ3n) is 4.44. The predicted octanol–water partition coefficient (Wildman–Crippen LogP) is 4.06. The van der Waals surface area contributed by atoms with Crippen molar-refractivity contribution in [2.24, 2.45) is 0 Å². The van der Waals surface area contributed by atoms with Crippen molar-refractivity contribution in [2.45, 2.75) is 31.9 Å². The zero-order chi connectivity index (χ0) is 18.0. The van der Waals surface area contributed by atoms with Gasteiger partial charge in [-0.1, -0.05) is 12.1 Å². The number of halogens is 3. The Morgan fingerprint density at radius 2 is 1.76 bits per heavy atom. The largest absolute Gasteiger partial charge is 0.416 e. The van der Waals surface area contributed by atoms with Gasteiger partial charge in [-0.2, -0.15) is 18.4 Å². The third-order valence-corrected chi connectivity index (χ3v) is 4.44. The Hall–Kier alpha value is -2.62. The second kappa shape index (κ2) is 6.71. The molecule has 1 aliphatic heterocycles. The minimum absolute atomic E-state index is 0.221. The van der Waals surface area contributed by atoms with Crippen LogP contribution in [0.4, 0.5) is 19.1 Å². The van der Waals surface area contributed by atoms with Crippen LogP contribution in [-0.2, 0) is 6.18 Å². The maximum atomic E-state index is 12.7. The minimum Gasteiger partial charge on any atom is -0.341 e. The zero-order valence-corrected chi connectivity index (χ0v) is 13.7. The normalized spacial score (nSPS) is 15.9. The number of aryl methyl sites for hydroxylation is 1. The molecule has 0 N–H and O–H groups in total. The number of nitriles is 1. The Labute approximate surface area is 143 Å². The first-order valence-electron chi connectivity index (χ1n) is 8.04. The zero-order valence-electron chi connectivity index (χ0n) is 13.7. The van der Waals surface area contributed by atoms with Gasteiger partial charge in [-0.25, -0.2) is 9.97 Å². The van der Waals surface area contributed by atoms with E-state index in [1.807, 2.05) is 17.9 Å². The van der Waals surface area contributed by atoms with Gasteiger partial charge in [0.05, 0.1) is 5.56 Å². The Morgan fingerprint density at radius 3 is 2.32 bits per heavy atom. The lowest BCUT2D eigenvalue weighted by Gasteiger charge is -2.32. The van der Waals surface area contributed by atoms with Crippen LogP contribution in [0.3, 0.4) is 0 Å². The second-order valence-corrected chi connectivity index (χ2v) is 6.19. The quantitative estimate of drug-likeness (QED) is 0.823. The summed E-state index contributed by atoms with van der Waals surface area (Å²) in [6.07, 6.45) is -2.68. The van der Waals surface area contributed by atoms with Gasteiger partial charge in [0, 0.05) is 18.8 Å². The number of aromatic nitrogens is 2. The van der Waals surface area contributed by atoms with Crippen molar-refractivity contribution in [3.63, 3.8) is 0 Å². The summed E-state index contributed by atoms with van der Waals surface area (Å²) in [4.78, 5) is 10.6. The predicted molar refractivity (Wildman–Crippen MR) is 87.1 cm³/mol. The third kappa shape index (κ3) is 3.90. The van der Waals surface area contributed by atoms with Crippen molar-refractivity contribution < 1.29 is 13.2 Å². The average molecular weight is 346 g/mol. The van der Waals surface area contributed by atoms with E-state index in [2.05, 4.69) is 9.97 Å². The van der Waals surface area contributed by atoms with Gasteiger partial charge >= 0.3 is 6.18 Å². The number of alkyl halides is 3. The summed E-state index contributed by atoms with van der Waals surface area (Å²) >= 11 is 0. The molecule has 25 heavy (non-hydrogen) atoms. The maximum absolute atomic E-state index is 12.7. The van der Waals surface area contributed by atoms with Gasteiger partial charge in [-0.15, -0.1) is 0 Å². The molecule has 0 saturated carbocycles. The maximum Gasteiger partial charge on any atom is 0.416 e. The summed E-state index contributed by atoms with van der Waals surface area (Å²) in [6.45, 7) is 3.24. The van der Waals surface area contributed by atoms with Crippen LogP contribution in [0.25, 0.3) is 0 Å². The van der Waals surface area contributed by atoms with E-state index in [1.165, 1.54) is 0 Å². The standard InChI is InChI=1S/C18H17F3N4/c1-12-10-16(11-22)24-17(23-12)25-8-6-14(7-9-25)13-2-4-15(5-3-13)18(19,20)21/h2-5,10,14H,6-9H2,1H3. The molecule has 7 heteroatoms. The van der Waals surface area contributed by atoms with Crippen LogP contribution < -0.4 is 4.90 Å². The molecular formula is C18H17F3N4. The fourth-order valence-corrected chi connectivity index (χ4v) is 3.11. The summed E-state index contributed by atoms with van der Waals surface area (Å²) in [6, 6.07) is 9.09. The van der Waals surface area contributed by atoms with Gasteiger partial charge in [0.1, 0.15) is 11.8 Å². The van der Waals surface area contributed by atoms with E-state index in [-0.39, 0.29) is 5.92 Å². The van der Waals surface area contributed by atoms with Gasteiger partial charge in [-0.05, 0) is 49.4 Å². The van der Waals surface area contributed by atoms with Gasteiger partial charge in [0.2, 0.25) is 5.95 Å². The van der Waals surface area contributed by atoms with E-state index >= 15 is 0 Å². The molecule has 0 unspecified atom stereocenters. The molecule has 1 aromatic heterocycles. The van der Waals surface area contributed by atoms with E-state index in [1.54, 1.807) is 18.2 Å². The molecule has 130 valence electrons. The number of rotatable bonds is 2. The van der Waals surface area contributed by atoms with Crippen LogP contribution in [0.15, 0.2) is 30.3 Å². The molecule has 3 rings (SSSR count). The number of benzene rings is 1. The van der Waals surface area contributed by atoms with Crippen LogP contribution in [0.5, 0.6) is 0 Å². The van der Waals surface area contributed by atoms with Crippen LogP contribution in [0, 0.1) is 18.3 Å². The Balaban J connectivity index is 1.68. The average Bonchev–Trinajstić information content (AvgIpc) is 2.60. The molecular weight excluding hydrogens is 329 g/mol. The Bertz CT molecular complexity index is 785. The van der Waals surface area contributed by atoms with E-state index in [0.717, 1.165) is 36.2 Å². The van der Waals surface area contributed by atoms with Crippen molar-refractivity contribution in [2.75, 3.05) is 18.0 Å². The Kier molecular flexibility index (Phi) is 4.62. The van der Waals surface area contributed by atoms with Crippen LogP contribution in [-0.4, -0.2) is 23.1 Å². The molecule has 2 aromatic rings. The van der Waals surface area contributed by atoms with E-state index < -0.39 is 11.7 Å². The first kappa shape index (κ1) is 17.2. The summed E-state index contributed by atoms with van der Waals surface area (Å²) in [5, 5.41) is 9.02. The van der Waals surface area contributed by atoms with Gasteiger partial charge < -0.3 is 4.90 Å². The van der Waals surface area contributed by atoms with Crippen LogP contribution in [0.2, 0.25) is 0 Å². The molecule has 0 amide bonds. The molecule has 0 spiro atoms. The van der Waals surface area contributed by atoms with Crippen molar-refractivity contribution in [3.05, 3.63) is 52.8 Å². The first-order valence-corrected chi connectivity index (χ1v) is 8.04. The van der Waals surface area contributed by atoms with Crippen LogP contribution >= 0.6 is 0 Å². The smallest absolute Gasteiger partial charge is 0.341 e. The summed E-state index contributed by atoms with van der Waals surface area (Å²) in [5.41, 5.74) is 1.39. The molecule has 0 atom stereocenters. The lowest BCUT2D eigenvalue weighted by Crippen LogP contribution is -2.34. The molecule has 1 saturated heterocycles. The second-order valence-electron chi connectivity index (χ2n) is 6.19. The van der Waals surface area contributed by atoms with Gasteiger partial charge in [0.25, 0.3) is 0 Å². The number of nitrogens with zero attached hydrogens (tertiary/aromatic N) is 4. The van der Waals surface area contributed by atoms with Crippen molar-refractivity contribution in [1.82, 2.24) is 9.97 Å². The molecule has 1 aromatic carbocycles. The fourth-order valence-electron chi connectivity index (χ4n) is 3.11. The summed E-state index contributed by atoms with van der Waals surface area (Å²) in [7, 11) is 0. The molecule has 1 aliphatic rings. The van der Waals surface area contributed by atoms with Crippen molar-refractivity contribution in [3.8, 4) is 6.07 Å². The van der Waals surface area contributed by atoms with Crippen molar-refractivity contribution >= 4 is 5.95 Å². The lowest BCUT2D eigenvalue weighted by molar-refractivity contribution is -0.137. The number of hydrogen-bond donors (Lipinski definition) is 0. The lowest BCUT2D eigenvalue weighted by atomic mass is 9.89. The topological polar surface area (TPSA) is 52.8 Å². The molecule has 2 heterocycles. The highest BCUT2D eigenvalue weighted by Gasteiger charge is 2.30. The monoisotopic (exact) mass is 346 g/mol. The minimum atomic E-state index is -4.30.